The first-order valence-corrected chi connectivity index (χ1v) is 16.9. The molecule has 1 aromatic heterocycles. The third kappa shape index (κ3) is 10.6. The van der Waals surface area contributed by atoms with Gasteiger partial charge >= 0.3 is 12.1 Å². The summed E-state index contributed by atoms with van der Waals surface area (Å²) >= 11 is 0. The van der Waals surface area contributed by atoms with Crippen molar-refractivity contribution in [3.8, 4) is 11.5 Å². The summed E-state index contributed by atoms with van der Waals surface area (Å²) in [5.74, 6) is -2.48. The van der Waals surface area contributed by atoms with Crippen molar-refractivity contribution in [2.45, 2.75) is 50.7 Å². The maximum Gasteiger partial charge on any atom is 0.490 e. The average Bonchev–Trinajstić information content (AvgIpc) is 3.14. The minimum absolute atomic E-state index is 0.0931. The van der Waals surface area contributed by atoms with Crippen LogP contribution in [0.2, 0.25) is 0 Å². The molecule has 1 fully saturated rings. The van der Waals surface area contributed by atoms with Crippen LogP contribution < -0.4 is 26.2 Å². The fraction of sp³-hybridized carbons (Fsp3) is 0.351. The van der Waals surface area contributed by atoms with Crippen molar-refractivity contribution >= 4 is 34.4 Å². The van der Waals surface area contributed by atoms with E-state index in [1.54, 1.807) is 54.6 Å². The highest BCUT2D eigenvalue weighted by molar-refractivity contribution is 6.05. The van der Waals surface area contributed by atoms with Crippen molar-refractivity contribution < 1.29 is 47.2 Å². The summed E-state index contributed by atoms with van der Waals surface area (Å²) < 4.78 is 47.3. The van der Waals surface area contributed by atoms with E-state index in [9.17, 15) is 42.6 Å². The molecule has 0 saturated carbocycles. The van der Waals surface area contributed by atoms with E-state index in [0.717, 1.165) is 5.56 Å². The molecule has 2 amide bonds. The molecule has 0 bridgehead atoms. The monoisotopic (exact) mass is 739 g/mol. The molecule has 13 nitrogen and oxygen atoms in total. The lowest BCUT2D eigenvalue weighted by molar-refractivity contribution is -0.206. The maximum atomic E-state index is 13.2. The fourth-order valence-electron chi connectivity index (χ4n) is 6.00. The van der Waals surface area contributed by atoms with Crippen LogP contribution in [-0.2, 0) is 27.4 Å². The minimum Gasteiger partial charge on any atom is -0.506 e. The highest BCUT2D eigenvalue weighted by Gasteiger charge is 2.42. The van der Waals surface area contributed by atoms with Crippen molar-refractivity contribution in [2.75, 3.05) is 38.6 Å². The molecule has 5 rings (SSSR count). The molecule has 0 unspecified atom stereocenters. The second-order valence-corrected chi connectivity index (χ2v) is 12.6. The van der Waals surface area contributed by atoms with Gasteiger partial charge in [-0.3, -0.25) is 14.4 Å². The third-order valence-electron chi connectivity index (χ3n) is 8.82. The van der Waals surface area contributed by atoms with E-state index >= 15 is 0 Å². The number of alkyl halides is 3. The summed E-state index contributed by atoms with van der Waals surface area (Å²) in [5, 5.41) is 30.3. The molecule has 6 N–H and O–H groups in total. The number of amides is 2. The number of hydrogen-bond acceptors (Lipinski definition) is 10. The highest BCUT2D eigenvalue weighted by Crippen LogP contribution is 2.29. The Labute approximate surface area is 302 Å². The number of methoxy groups -OCH3 is 1. The van der Waals surface area contributed by atoms with Crippen LogP contribution >= 0.6 is 0 Å². The Hall–Kier alpha value is -5.45. The normalized spacial score (nSPS) is 14.4. The Kier molecular flexibility index (Phi) is 12.7. The standard InChI is InChI=1S/C37H40F3N5O8/c1-52-31-18-23(19-41-21-30(47)26-6-9-29(46)34-27(26)7-10-33(49)44-34)5-8-28(31)43-35(50)24-4-2-3-22(17-24)20-42-32(48)13-16-45-14-11-25(12-15-45)53-36(51)37(38,39)40/h2-10,17-18,25,30,41,46-47H,11-16,19-21H2,1H3,(H,42,48)(H,43,50)(H,44,49)/t30-/m0/s1. The van der Waals surface area contributed by atoms with E-state index in [0.29, 0.717) is 59.7 Å². The Morgan fingerprint density at radius 3 is 2.49 bits per heavy atom. The van der Waals surface area contributed by atoms with Gasteiger partial charge in [0, 0.05) is 62.7 Å². The van der Waals surface area contributed by atoms with Gasteiger partial charge < -0.3 is 45.5 Å². The number of anilines is 1. The maximum absolute atomic E-state index is 13.2. The Balaban J connectivity index is 1.07. The SMILES string of the molecule is COc1cc(CNC[C@H](O)c2ccc(O)c3[nH]c(=O)ccc23)ccc1NC(=O)c1cccc(CNC(=O)CCN2CCC(OC(=O)C(F)(F)F)CC2)c1. The number of H-pyrrole nitrogens is 1. The lowest BCUT2D eigenvalue weighted by Crippen LogP contribution is -2.41. The fourth-order valence-corrected chi connectivity index (χ4v) is 6.00. The number of nitrogens with one attached hydrogen (secondary N) is 4. The predicted octanol–water partition coefficient (Wildman–Crippen LogP) is 3.89. The van der Waals surface area contributed by atoms with Crippen LogP contribution in [0.5, 0.6) is 11.5 Å². The summed E-state index contributed by atoms with van der Waals surface area (Å²) in [6, 6.07) is 17.9. The van der Waals surface area contributed by atoms with Crippen LogP contribution in [0.4, 0.5) is 18.9 Å². The number of aromatic hydroxyl groups is 1. The summed E-state index contributed by atoms with van der Waals surface area (Å²) in [6.45, 7) is 1.92. The van der Waals surface area contributed by atoms with E-state index in [4.69, 9.17) is 4.74 Å². The van der Waals surface area contributed by atoms with Crippen molar-refractivity contribution in [1.82, 2.24) is 20.5 Å². The summed E-state index contributed by atoms with van der Waals surface area (Å²) in [7, 11) is 1.48. The molecule has 282 valence electrons. The molecular formula is C37H40F3N5O8. The lowest BCUT2D eigenvalue weighted by atomic mass is 10.0. The first-order chi connectivity index (χ1) is 25.3. The molecule has 3 aromatic carbocycles. The Morgan fingerprint density at radius 1 is 1.00 bits per heavy atom. The number of carbonyl (C=O) groups is 3. The number of halogens is 3. The molecule has 1 aliphatic rings. The highest BCUT2D eigenvalue weighted by atomic mass is 19.4. The number of esters is 1. The van der Waals surface area contributed by atoms with Gasteiger partial charge in [0.15, 0.2) is 0 Å². The van der Waals surface area contributed by atoms with E-state index < -0.39 is 30.3 Å². The van der Waals surface area contributed by atoms with E-state index in [-0.39, 0.29) is 55.1 Å². The van der Waals surface area contributed by atoms with E-state index in [1.165, 1.54) is 19.2 Å². The van der Waals surface area contributed by atoms with Gasteiger partial charge in [0.1, 0.15) is 17.6 Å². The number of aliphatic hydroxyl groups is 1. The van der Waals surface area contributed by atoms with Crippen molar-refractivity contribution in [3.63, 3.8) is 0 Å². The van der Waals surface area contributed by atoms with Crippen LogP contribution in [0, 0.1) is 0 Å². The number of carbonyl (C=O) groups excluding carboxylic acids is 3. The number of benzene rings is 3. The number of phenols is 1. The number of hydrogen-bond donors (Lipinski definition) is 6. The van der Waals surface area contributed by atoms with Gasteiger partial charge in [-0.15, -0.1) is 0 Å². The van der Waals surface area contributed by atoms with Gasteiger partial charge in [0.2, 0.25) is 11.5 Å². The van der Waals surface area contributed by atoms with Gasteiger partial charge in [-0.25, -0.2) is 4.79 Å². The predicted molar refractivity (Wildman–Crippen MR) is 188 cm³/mol. The number of phenolic OH excluding ortho intramolecular Hbond substituents is 1. The van der Waals surface area contributed by atoms with Crippen LogP contribution in [0.3, 0.4) is 0 Å². The molecule has 1 atom stereocenters. The smallest absolute Gasteiger partial charge is 0.490 e. The molecule has 53 heavy (non-hydrogen) atoms. The first kappa shape index (κ1) is 38.8. The number of nitrogens with zero attached hydrogens (tertiary/aromatic N) is 1. The van der Waals surface area contributed by atoms with E-state index in [2.05, 4.69) is 25.7 Å². The molecule has 1 saturated heterocycles. The summed E-state index contributed by atoms with van der Waals surface area (Å²) in [4.78, 5) is 52.9. The molecule has 0 spiro atoms. The van der Waals surface area contributed by atoms with Gasteiger partial charge in [0.25, 0.3) is 5.91 Å². The van der Waals surface area contributed by atoms with Gasteiger partial charge in [-0.05, 0) is 65.9 Å². The second kappa shape index (κ2) is 17.4. The summed E-state index contributed by atoms with van der Waals surface area (Å²) in [6.07, 6.45) is -6.08. The van der Waals surface area contributed by atoms with Crippen molar-refractivity contribution in [1.29, 1.82) is 0 Å². The number of likely N-dealkylation sites (tertiary alicyclic amines) is 1. The number of aromatic amines is 1. The zero-order chi connectivity index (χ0) is 38.1. The van der Waals surface area contributed by atoms with E-state index in [1.807, 2.05) is 4.90 Å². The van der Waals surface area contributed by atoms with Crippen molar-refractivity contribution in [2.24, 2.45) is 0 Å². The van der Waals surface area contributed by atoms with Crippen LogP contribution in [0.15, 0.2) is 71.5 Å². The lowest BCUT2D eigenvalue weighted by Gasteiger charge is -2.31. The summed E-state index contributed by atoms with van der Waals surface area (Å²) in [5.41, 5.74) is 2.74. The number of fused-ring (bicyclic) bond motifs is 1. The number of rotatable bonds is 14. The van der Waals surface area contributed by atoms with Crippen LogP contribution in [0.1, 0.15) is 52.4 Å². The van der Waals surface area contributed by atoms with Gasteiger partial charge in [0.05, 0.1) is 24.4 Å². The van der Waals surface area contributed by atoms with Crippen LogP contribution in [-0.4, -0.2) is 83.4 Å². The number of pyridine rings is 1. The number of ether oxygens (including phenoxy) is 2. The molecule has 0 radical (unpaired) electrons. The number of aliphatic hydroxyl groups excluding tert-OH is 1. The minimum atomic E-state index is -5.02. The number of piperidine rings is 1. The molecule has 4 aromatic rings. The zero-order valence-corrected chi connectivity index (χ0v) is 28.8. The molecule has 2 heterocycles. The first-order valence-electron chi connectivity index (χ1n) is 16.9. The largest absolute Gasteiger partial charge is 0.506 e. The van der Waals surface area contributed by atoms with Gasteiger partial charge in [-0.2, -0.15) is 13.2 Å². The molecule has 0 aliphatic carbocycles. The second-order valence-electron chi connectivity index (χ2n) is 12.6. The topological polar surface area (TPSA) is 182 Å². The van der Waals surface area contributed by atoms with Crippen molar-refractivity contribution in [3.05, 3.63) is 99.3 Å². The van der Waals surface area contributed by atoms with Gasteiger partial charge in [-0.1, -0.05) is 24.3 Å². The Bertz CT molecular complexity index is 2000. The average molecular weight is 740 g/mol. The Morgan fingerprint density at radius 2 is 1.75 bits per heavy atom. The number of aromatic nitrogens is 1. The quantitative estimate of drug-likeness (QED) is 0.104. The van der Waals surface area contributed by atoms with Crippen LogP contribution in [0.25, 0.3) is 10.9 Å². The molecule has 1 aliphatic heterocycles. The third-order valence-corrected chi connectivity index (χ3v) is 8.82. The molecule has 16 heteroatoms. The molecular weight excluding hydrogens is 699 g/mol. The zero-order valence-electron chi connectivity index (χ0n) is 28.8.